The van der Waals surface area contributed by atoms with Gasteiger partial charge >= 0.3 is 0 Å². The zero-order valence-electron chi connectivity index (χ0n) is 9.63. The molecule has 0 fully saturated rings. The average molecular weight is 254 g/mol. The number of aromatic hydroxyl groups is 1. The van der Waals surface area contributed by atoms with E-state index in [4.69, 9.17) is 0 Å². The van der Waals surface area contributed by atoms with Crippen molar-refractivity contribution in [2.24, 2.45) is 0 Å². The number of benzene rings is 1. The number of hydrogen-bond donors (Lipinski definition) is 2. The van der Waals surface area contributed by atoms with Gasteiger partial charge in [-0.15, -0.1) is 12.4 Å². The van der Waals surface area contributed by atoms with Crippen LogP contribution in [-0.2, 0) is 13.1 Å². The van der Waals surface area contributed by atoms with Crippen molar-refractivity contribution in [3.05, 3.63) is 42.2 Å². The first-order chi connectivity index (χ1) is 7.79. The Kier molecular flexibility index (Phi) is 4.84. The summed E-state index contributed by atoms with van der Waals surface area (Å²) in [5.74, 6) is 0.317. The number of para-hydroxylation sites is 1. The van der Waals surface area contributed by atoms with Crippen molar-refractivity contribution in [2.75, 3.05) is 5.32 Å². The lowest BCUT2D eigenvalue weighted by Gasteiger charge is -2.05. The van der Waals surface area contributed by atoms with Crippen molar-refractivity contribution in [1.82, 2.24) is 9.78 Å². The molecule has 0 radical (unpaired) electrons. The molecule has 0 saturated heterocycles. The summed E-state index contributed by atoms with van der Waals surface area (Å²) < 4.78 is 1.85. The van der Waals surface area contributed by atoms with Crippen LogP contribution in [0.25, 0.3) is 0 Å². The molecular formula is C12H16ClN3O. The summed E-state index contributed by atoms with van der Waals surface area (Å²) in [5, 5.41) is 17.0. The number of aryl methyl sites for hydroxylation is 1. The van der Waals surface area contributed by atoms with Gasteiger partial charge in [-0.3, -0.25) is 4.68 Å². The smallest absolute Gasteiger partial charge is 0.120 e. The highest BCUT2D eigenvalue weighted by Crippen LogP contribution is 2.17. The van der Waals surface area contributed by atoms with E-state index < -0.39 is 0 Å². The van der Waals surface area contributed by atoms with Gasteiger partial charge in [0.2, 0.25) is 0 Å². The van der Waals surface area contributed by atoms with E-state index in [2.05, 4.69) is 10.4 Å². The Morgan fingerprint density at radius 3 is 2.76 bits per heavy atom. The van der Waals surface area contributed by atoms with Crippen molar-refractivity contribution >= 4 is 18.1 Å². The van der Waals surface area contributed by atoms with Crippen LogP contribution in [-0.4, -0.2) is 14.9 Å². The Bertz CT molecular complexity index is 470. The van der Waals surface area contributed by atoms with E-state index >= 15 is 0 Å². The first-order valence-electron chi connectivity index (χ1n) is 5.33. The van der Waals surface area contributed by atoms with Gasteiger partial charge in [0.15, 0.2) is 0 Å². The molecule has 1 aromatic heterocycles. The number of aromatic nitrogens is 2. The molecule has 0 spiro atoms. The fourth-order valence-corrected chi connectivity index (χ4v) is 1.49. The van der Waals surface area contributed by atoms with E-state index in [-0.39, 0.29) is 12.4 Å². The van der Waals surface area contributed by atoms with Gasteiger partial charge in [-0.2, -0.15) is 5.10 Å². The van der Waals surface area contributed by atoms with E-state index in [0.717, 1.165) is 17.8 Å². The molecule has 0 aliphatic heterocycles. The van der Waals surface area contributed by atoms with Gasteiger partial charge in [0, 0.05) is 24.8 Å². The summed E-state index contributed by atoms with van der Waals surface area (Å²) in [7, 11) is 0. The van der Waals surface area contributed by atoms with Crippen LogP contribution < -0.4 is 5.32 Å². The second-order valence-electron chi connectivity index (χ2n) is 3.57. The van der Waals surface area contributed by atoms with Crippen LogP contribution in [0.15, 0.2) is 36.7 Å². The monoisotopic (exact) mass is 253 g/mol. The Morgan fingerprint density at radius 2 is 2.12 bits per heavy atom. The molecule has 0 aliphatic carbocycles. The molecule has 1 aromatic carbocycles. The minimum Gasteiger partial charge on any atom is -0.508 e. The first-order valence-corrected chi connectivity index (χ1v) is 5.33. The molecule has 5 heteroatoms. The topological polar surface area (TPSA) is 50.1 Å². The number of halogens is 1. The quantitative estimate of drug-likeness (QED) is 0.881. The maximum atomic E-state index is 9.58. The number of phenolic OH excluding ortho intramolecular Hbond substituents is 1. The van der Waals surface area contributed by atoms with Gasteiger partial charge < -0.3 is 10.4 Å². The van der Waals surface area contributed by atoms with Crippen molar-refractivity contribution in [1.29, 1.82) is 0 Å². The van der Waals surface area contributed by atoms with Gasteiger partial charge in [-0.05, 0) is 13.0 Å². The van der Waals surface area contributed by atoms with E-state index in [1.165, 1.54) is 0 Å². The molecule has 0 bridgehead atoms. The molecule has 0 amide bonds. The van der Waals surface area contributed by atoms with Crippen LogP contribution in [0.5, 0.6) is 5.75 Å². The summed E-state index contributed by atoms with van der Waals surface area (Å²) in [4.78, 5) is 0. The predicted octanol–water partition coefficient (Wildman–Crippen LogP) is 2.64. The van der Waals surface area contributed by atoms with E-state index in [1.54, 1.807) is 12.3 Å². The van der Waals surface area contributed by atoms with Crippen LogP contribution in [0.4, 0.5) is 5.69 Å². The molecular weight excluding hydrogens is 238 g/mol. The molecule has 0 atom stereocenters. The lowest BCUT2D eigenvalue weighted by atomic mass is 10.2. The maximum absolute atomic E-state index is 9.58. The minimum atomic E-state index is 0. The minimum absolute atomic E-state index is 0. The summed E-state index contributed by atoms with van der Waals surface area (Å²) >= 11 is 0. The molecule has 2 rings (SSSR count). The lowest BCUT2D eigenvalue weighted by molar-refractivity contribution is 0.469. The normalized spacial score (nSPS) is 9.71. The molecule has 2 aromatic rings. The van der Waals surface area contributed by atoms with Gasteiger partial charge in [-0.1, -0.05) is 18.2 Å². The average Bonchev–Trinajstić information content (AvgIpc) is 2.76. The molecule has 0 aliphatic rings. The standard InChI is InChI=1S/C12H15N3O.ClH/c1-2-15-9-11(8-14-15)13-7-10-5-3-4-6-12(10)16;/h3-6,8-9,13,16H,2,7H2,1H3;1H. The zero-order chi connectivity index (χ0) is 11.4. The largest absolute Gasteiger partial charge is 0.508 e. The van der Waals surface area contributed by atoms with Crippen LogP contribution in [0, 0.1) is 0 Å². The fourth-order valence-electron chi connectivity index (χ4n) is 1.49. The highest BCUT2D eigenvalue weighted by Gasteiger charge is 2.00. The van der Waals surface area contributed by atoms with Gasteiger partial charge in [0.25, 0.3) is 0 Å². The Hall–Kier alpha value is -1.68. The molecule has 92 valence electrons. The highest BCUT2D eigenvalue weighted by atomic mass is 35.5. The predicted molar refractivity (Wildman–Crippen MR) is 70.6 cm³/mol. The Balaban J connectivity index is 0.00000144. The van der Waals surface area contributed by atoms with Crippen LogP contribution >= 0.6 is 12.4 Å². The number of rotatable bonds is 4. The van der Waals surface area contributed by atoms with E-state index in [9.17, 15) is 5.11 Å². The number of anilines is 1. The SMILES string of the molecule is CCn1cc(NCc2ccccc2O)cn1.Cl. The third-order valence-corrected chi connectivity index (χ3v) is 2.43. The van der Waals surface area contributed by atoms with Crippen molar-refractivity contribution in [2.45, 2.75) is 20.0 Å². The summed E-state index contributed by atoms with van der Waals surface area (Å²) in [6, 6.07) is 7.30. The fraction of sp³-hybridized carbons (Fsp3) is 0.250. The summed E-state index contributed by atoms with van der Waals surface area (Å²) in [6.45, 7) is 3.50. The summed E-state index contributed by atoms with van der Waals surface area (Å²) in [6.07, 6.45) is 3.73. The van der Waals surface area contributed by atoms with Crippen LogP contribution in [0.2, 0.25) is 0 Å². The van der Waals surface area contributed by atoms with Gasteiger partial charge in [0.05, 0.1) is 11.9 Å². The lowest BCUT2D eigenvalue weighted by Crippen LogP contribution is -1.98. The highest BCUT2D eigenvalue weighted by molar-refractivity contribution is 5.85. The molecule has 0 unspecified atom stereocenters. The first kappa shape index (κ1) is 13.4. The third-order valence-electron chi connectivity index (χ3n) is 2.43. The van der Waals surface area contributed by atoms with Gasteiger partial charge in [-0.25, -0.2) is 0 Å². The molecule has 0 saturated carbocycles. The number of nitrogens with zero attached hydrogens (tertiary/aromatic N) is 2. The van der Waals surface area contributed by atoms with Crippen molar-refractivity contribution < 1.29 is 5.11 Å². The number of nitrogens with one attached hydrogen (secondary N) is 1. The zero-order valence-corrected chi connectivity index (χ0v) is 10.4. The van der Waals surface area contributed by atoms with Crippen molar-refractivity contribution in [3.63, 3.8) is 0 Å². The maximum Gasteiger partial charge on any atom is 0.120 e. The number of hydrogen-bond acceptors (Lipinski definition) is 3. The molecule has 4 nitrogen and oxygen atoms in total. The second kappa shape index (κ2) is 6.15. The summed E-state index contributed by atoms with van der Waals surface area (Å²) in [5.41, 5.74) is 1.84. The van der Waals surface area contributed by atoms with E-state index in [0.29, 0.717) is 12.3 Å². The molecule has 17 heavy (non-hydrogen) atoms. The van der Waals surface area contributed by atoms with Crippen LogP contribution in [0.1, 0.15) is 12.5 Å². The molecule has 1 heterocycles. The van der Waals surface area contributed by atoms with Gasteiger partial charge in [0.1, 0.15) is 5.75 Å². The Morgan fingerprint density at radius 1 is 1.35 bits per heavy atom. The third kappa shape index (κ3) is 3.39. The number of phenols is 1. The van der Waals surface area contributed by atoms with Crippen LogP contribution in [0.3, 0.4) is 0 Å². The molecule has 2 N–H and O–H groups in total. The van der Waals surface area contributed by atoms with E-state index in [1.807, 2.05) is 36.0 Å². The Labute approximate surface area is 107 Å². The second-order valence-corrected chi connectivity index (χ2v) is 3.57. The van der Waals surface area contributed by atoms with Crippen molar-refractivity contribution in [3.8, 4) is 5.75 Å².